The van der Waals surface area contributed by atoms with E-state index in [4.69, 9.17) is 26.8 Å². The number of nitrogens with two attached hydrogens (primary N) is 2. The minimum absolute atomic E-state index is 0.0628. The summed E-state index contributed by atoms with van der Waals surface area (Å²) in [6.45, 7) is 5.40. The number of aliphatic carboxylic acids is 3. The Balaban J connectivity index is -0.000000561. The Morgan fingerprint density at radius 3 is 0.973 bits per heavy atom. The van der Waals surface area contributed by atoms with Gasteiger partial charge in [0.2, 0.25) is 0 Å². The molecule has 222 valence electrons. The molecule has 9 nitrogen and oxygen atoms in total. The normalized spacial score (nSPS) is 10.1. The van der Waals surface area contributed by atoms with Crippen LogP contribution in [0.15, 0.2) is 0 Å². The third-order valence-electron chi connectivity index (χ3n) is 5.67. The summed E-state index contributed by atoms with van der Waals surface area (Å²) in [6.07, 6.45) is 21.2. The van der Waals surface area contributed by atoms with Gasteiger partial charge < -0.3 is 32.1 Å². The monoisotopic (exact) mass is 533 g/mol. The number of unbranched alkanes of at least 4 members (excludes halogenated alkanes) is 15. The Morgan fingerprint density at radius 2 is 0.730 bits per heavy atom. The third-order valence-corrected chi connectivity index (χ3v) is 5.67. The summed E-state index contributed by atoms with van der Waals surface area (Å²) in [7, 11) is 0. The minimum Gasteiger partial charge on any atom is -0.481 e. The topological polar surface area (TPSA) is 176 Å². The first-order valence-electron chi connectivity index (χ1n) is 14.6. The van der Waals surface area contributed by atoms with Gasteiger partial charge in [0.25, 0.3) is 0 Å². The summed E-state index contributed by atoms with van der Waals surface area (Å²) in [4.78, 5) is 30.1. The maximum Gasteiger partial charge on any atom is 0.303 e. The molecule has 0 aliphatic heterocycles. The predicted octanol–water partition coefficient (Wildman–Crippen LogP) is 5.54. The molecule has 0 heterocycles. The maximum absolute atomic E-state index is 10.3. The SMILES string of the molecule is CCCCCCCCCCCCCCCCCC(=O)O.NCCNCCN.O=C(O)CCCCC(=O)O. The van der Waals surface area contributed by atoms with Crippen molar-refractivity contribution < 1.29 is 29.7 Å². The van der Waals surface area contributed by atoms with Crippen molar-refractivity contribution in [2.24, 2.45) is 11.5 Å². The van der Waals surface area contributed by atoms with Crippen molar-refractivity contribution in [3.63, 3.8) is 0 Å². The molecule has 0 unspecified atom stereocenters. The smallest absolute Gasteiger partial charge is 0.303 e. The van der Waals surface area contributed by atoms with E-state index >= 15 is 0 Å². The Labute approximate surface area is 226 Å². The first-order chi connectivity index (χ1) is 17.8. The van der Waals surface area contributed by atoms with Gasteiger partial charge in [0.15, 0.2) is 0 Å². The number of hydrogen-bond donors (Lipinski definition) is 6. The van der Waals surface area contributed by atoms with Gasteiger partial charge in [0.1, 0.15) is 0 Å². The summed E-state index contributed by atoms with van der Waals surface area (Å²) in [6, 6.07) is 0. The van der Waals surface area contributed by atoms with Gasteiger partial charge in [-0.15, -0.1) is 0 Å². The van der Waals surface area contributed by atoms with Gasteiger partial charge in [-0.1, -0.05) is 96.8 Å². The lowest BCUT2D eigenvalue weighted by Gasteiger charge is -2.03. The second kappa shape index (κ2) is 36.4. The fraction of sp³-hybridized carbons (Fsp3) is 0.893. The van der Waals surface area contributed by atoms with Gasteiger partial charge in [0, 0.05) is 45.4 Å². The van der Waals surface area contributed by atoms with Crippen LogP contribution in [0.5, 0.6) is 0 Å². The van der Waals surface area contributed by atoms with Crippen molar-refractivity contribution in [3.8, 4) is 0 Å². The number of carboxylic acid groups (broad SMARTS) is 3. The van der Waals surface area contributed by atoms with Crippen molar-refractivity contribution >= 4 is 17.9 Å². The van der Waals surface area contributed by atoms with E-state index in [0.29, 0.717) is 32.4 Å². The Kier molecular flexibility index (Phi) is 39.2. The first-order valence-corrected chi connectivity index (χ1v) is 14.6. The highest BCUT2D eigenvalue weighted by molar-refractivity contribution is 5.68. The number of carboxylic acids is 3. The molecule has 0 radical (unpaired) electrons. The molecule has 37 heavy (non-hydrogen) atoms. The second-order valence-electron chi connectivity index (χ2n) is 9.42. The number of carbonyl (C=O) groups is 3. The largest absolute Gasteiger partial charge is 0.481 e. The number of rotatable bonds is 25. The Morgan fingerprint density at radius 1 is 0.486 bits per heavy atom. The van der Waals surface area contributed by atoms with Crippen LogP contribution in [0.2, 0.25) is 0 Å². The zero-order chi connectivity index (χ0) is 28.4. The summed E-state index contributed by atoms with van der Waals surface area (Å²) < 4.78 is 0. The molecule has 0 atom stereocenters. The highest BCUT2D eigenvalue weighted by Gasteiger charge is 1.99. The fourth-order valence-electron chi connectivity index (χ4n) is 3.53. The molecule has 0 aliphatic carbocycles. The fourth-order valence-corrected chi connectivity index (χ4v) is 3.53. The van der Waals surface area contributed by atoms with Gasteiger partial charge in [-0.2, -0.15) is 0 Å². The van der Waals surface area contributed by atoms with Crippen molar-refractivity contribution in [2.45, 2.75) is 135 Å². The van der Waals surface area contributed by atoms with E-state index in [1.54, 1.807) is 0 Å². The second-order valence-corrected chi connectivity index (χ2v) is 9.42. The quantitative estimate of drug-likeness (QED) is 0.0822. The summed E-state index contributed by atoms with van der Waals surface area (Å²) >= 11 is 0. The van der Waals surface area contributed by atoms with Crippen LogP contribution in [0.1, 0.15) is 135 Å². The van der Waals surface area contributed by atoms with Crippen LogP contribution < -0.4 is 16.8 Å². The van der Waals surface area contributed by atoms with Gasteiger partial charge in [0.05, 0.1) is 0 Å². The van der Waals surface area contributed by atoms with Gasteiger partial charge in [-0.05, 0) is 19.3 Å². The average molecular weight is 534 g/mol. The van der Waals surface area contributed by atoms with E-state index in [1.807, 2.05) is 0 Å². The molecule has 0 amide bonds. The van der Waals surface area contributed by atoms with Crippen molar-refractivity contribution in [2.75, 3.05) is 26.2 Å². The van der Waals surface area contributed by atoms with Gasteiger partial charge in [-0.25, -0.2) is 0 Å². The summed E-state index contributed by atoms with van der Waals surface area (Å²) in [5.74, 6) is -2.39. The summed E-state index contributed by atoms with van der Waals surface area (Å²) in [5.41, 5.74) is 10.3. The van der Waals surface area contributed by atoms with Crippen LogP contribution in [0.3, 0.4) is 0 Å². The lowest BCUT2D eigenvalue weighted by Crippen LogP contribution is -2.27. The lowest BCUT2D eigenvalue weighted by molar-refractivity contribution is -0.139. The molecular formula is C28H59N3O6. The highest BCUT2D eigenvalue weighted by Crippen LogP contribution is 2.13. The van der Waals surface area contributed by atoms with Gasteiger partial charge >= 0.3 is 17.9 Å². The van der Waals surface area contributed by atoms with E-state index in [2.05, 4.69) is 12.2 Å². The van der Waals surface area contributed by atoms with E-state index in [0.717, 1.165) is 25.9 Å². The molecule has 0 aromatic heterocycles. The zero-order valence-corrected chi connectivity index (χ0v) is 23.7. The van der Waals surface area contributed by atoms with Crippen LogP contribution in [0, 0.1) is 0 Å². The van der Waals surface area contributed by atoms with E-state index in [9.17, 15) is 14.4 Å². The Bertz CT molecular complexity index is 473. The Hall–Kier alpha value is -1.71. The van der Waals surface area contributed by atoms with Crippen LogP contribution in [0.4, 0.5) is 0 Å². The highest BCUT2D eigenvalue weighted by atomic mass is 16.4. The molecule has 0 saturated heterocycles. The predicted molar refractivity (Wildman–Crippen MR) is 152 cm³/mol. The van der Waals surface area contributed by atoms with Crippen LogP contribution >= 0.6 is 0 Å². The summed E-state index contributed by atoms with van der Waals surface area (Å²) in [5, 5.41) is 27.8. The first kappa shape index (κ1) is 39.8. The molecule has 0 saturated carbocycles. The van der Waals surface area contributed by atoms with Gasteiger partial charge in [-0.3, -0.25) is 14.4 Å². The van der Waals surface area contributed by atoms with Crippen molar-refractivity contribution in [1.82, 2.24) is 5.32 Å². The molecular weight excluding hydrogens is 474 g/mol. The third kappa shape index (κ3) is 51.7. The number of nitrogens with one attached hydrogen (secondary N) is 1. The maximum atomic E-state index is 10.3. The standard InChI is InChI=1S/C18H36O2.C6H10O4.C4H13N3/c1-2-3-4-5-6-7-8-9-10-11-12-13-14-15-16-17-18(19)20;7-5(8)3-1-2-4-6(9)10;5-1-3-7-4-2-6/h2-17H2,1H3,(H,19,20);1-4H2,(H,7,8)(H,9,10);7H,1-6H2. The molecule has 0 bridgehead atoms. The molecule has 0 spiro atoms. The van der Waals surface area contributed by atoms with E-state index in [1.165, 1.54) is 83.5 Å². The average Bonchev–Trinajstić information content (AvgIpc) is 2.85. The molecule has 0 aromatic carbocycles. The van der Waals surface area contributed by atoms with Crippen molar-refractivity contribution in [3.05, 3.63) is 0 Å². The van der Waals surface area contributed by atoms with Crippen LogP contribution in [-0.4, -0.2) is 59.4 Å². The number of hydrogen-bond acceptors (Lipinski definition) is 6. The zero-order valence-electron chi connectivity index (χ0n) is 23.7. The molecule has 8 N–H and O–H groups in total. The molecule has 0 fully saturated rings. The lowest BCUT2D eigenvalue weighted by atomic mass is 10.0. The molecule has 0 rings (SSSR count). The molecule has 0 aliphatic rings. The molecule has 0 aromatic rings. The van der Waals surface area contributed by atoms with Crippen LogP contribution in [0.25, 0.3) is 0 Å². The molecule has 9 heteroatoms. The van der Waals surface area contributed by atoms with E-state index in [-0.39, 0.29) is 12.8 Å². The van der Waals surface area contributed by atoms with Crippen molar-refractivity contribution in [1.29, 1.82) is 0 Å². The minimum atomic E-state index is -0.870. The van der Waals surface area contributed by atoms with E-state index < -0.39 is 17.9 Å². The van der Waals surface area contributed by atoms with Crippen LogP contribution in [-0.2, 0) is 14.4 Å².